The molecule has 1 N–H and O–H groups in total. The third-order valence-corrected chi connectivity index (χ3v) is 3.32. The van der Waals surface area contributed by atoms with Gasteiger partial charge in [-0.05, 0) is 58.4 Å². The van der Waals surface area contributed by atoms with Crippen LogP contribution >= 0.6 is 15.9 Å². The van der Waals surface area contributed by atoms with Crippen molar-refractivity contribution in [2.24, 2.45) is 0 Å². The second kappa shape index (κ2) is 5.88. The quantitative estimate of drug-likeness (QED) is 0.794. The van der Waals surface area contributed by atoms with Gasteiger partial charge in [-0.25, -0.2) is 9.67 Å². The number of pyridine rings is 1. The van der Waals surface area contributed by atoms with Crippen molar-refractivity contribution in [2.75, 3.05) is 5.32 Å². The molecular weight excluding hydrogens is 332 g/mol. The molecular formula is C15H11BrN4O. The van der Waals surface area contributed by atoms with Crippen molar-refractivity contribution in [3.63, 3.8) is 0 Å². The highest BCUT2D eigenvalue weighted by Crippen LogP contribution is 2.14. The molecule has 0 aliphatic heterocycles. The molecule has 21 heavy (non-hydrogen) atoms. The summed E-state index contributed by atoms with van der Waals surface area (Å²) in [5.41, 5.74) is 2.01. The zero-order chi connectivity index (χ0) is 14.7. The van der Waals surface area contributed by atoms with E-state index in [0.29, 0.717) is 11.4 Å². The number of benzene rings is 1. The monoisotopic (exact) mass is 342 g/mol. The van der Waals surface area contributed by atoms with Crippen molar-refractivity contribution in [1.82, 2.24) is 14.8 Å². The van der Waals surface area contributed by atoms with E-state index >= 15 is 0 Å². The predicted molar refractivity (Wildman–Crippen MR) is 83.5 cm³/mol. The summed E-state index contributed by atoms with van der Waals surface area (Å²) in [6.45, 7) is 0. The topological polar surface area (TPSA) is 59.8 Å². The first-order chi connectivity index (χ1) is 10.2. The summed E-state index contributed by atoms with van der Waals surface area (Å²) in [5.74, 6) is -0.241. The fourth-order valence-corrected chi connectivity index (χ4v) is 2.06. The average Bonchev–Trinajstić information content (AvgIpc) is 3.03. The Hall–Kier alpha value is -2.47. The van der Waals surface area contributed by atoms with E-state index in [1.54, 1.807) is 29.2 Å². The van der Waals surface area contributed by atoms with E-state index < -0.39 is 0 Å². The van der Waals surface area contributed by atoms with Gasteiger partial charge in [-0.3, -0.25) is 4.79 Å². The molecule has 3 rings (SSSR count). The predicted octanol–water partition coefficient (Wildman–Crippen LogP) is 3.28. The summed E-state index contributed by atoms with van der Waals surface area (Å²) in [6.07, 6.45) is 5.17. The maximum absolute atomic E-state index is 12.0. The maximum atomic E-state index is 12.0. The van der Waals surface area contributed by atoms with E-state index in [0.717, 1.165) is 10.2 Å². The molecule has 0 radical (unpaired) electrons. The fourth-order valence-electron chi connectivity index (χ4n) is 1.82. The summed E-state index contributed by atoms with van der Waals surface area (Å²) >= 11 is 3.29. The van der Waals surface area contributed by atoms with Gasteiger partial charge in [0, 0.05) is 28.8 Å². The van der Waals surface area contributed by atoms with Gasteiger partial charge in [-0.1, -0.05) is 0 Å². The van der Waals surface area contributed by atoms with Crippen LogP contribution in [0.1, 0.15) is 10.5 Å². The van der Waals surface area contributed by atoms with Gasteiger partial charge in [0.05, 0.1) is 5.69 Å². The zero-order valence-corrected chi connectivity index (χ0v) is 12.5. The highest BCUT2D eigenvalue weighted by atomic mass is 79.9. The molecule has 0 saturated heterocycles. The number of amides is 1. The number of anilines is 1. The number of halogens is 1. The average molecular weight is 343 g/mol. The van der Waals surface area contributed by atoms with Crippen molar-refractivity contribution in [3.05, 3.63) is 71.2 Å². The molecule has 6 heteroatoms. The number of rotatable bonds is 3. The third kappa shape index (κ3) is 3.17. The van der Waals surface area contributed by atoms with Crippen LogP contribution in [0.25, 0.3) is 5.69 Å². The van der Waals surface area contributed by atoms with Gasteiger partial charge < -0.3 is 5.32 Å². The van der Waals surface area contributed by atoms with Gasteiger partial charge in [0.2, 0.25) is 0 Å². The number of nitrogens with one attached hydrogen (secondary N) is 1. The first kappa shape index (κ1) is 13.5. The summed E-state index contributed by atoms with van der Waals surface area (Å²) in [6, 6.07) is 12.7. The fraction of sp³-hybridized carbons (Fsp3) is 0. The Labute approximate surface area is 129 Å². The Morgan fingerprint density at radius 3 is 2.57 bits per heavy atom. The second-order valence-corrected chi connectivity index (χ2v) is 5.23. The summed E-state index contributed by atoms with van der Waals surface area (Å²) in [7, 11) is 0. The Bertz CT molecular complexity index is 736. The number of aromatic nitrogens is 3. The highest BCUT2D eigenvalue weighted by molar-refractivity contribution is 9.10. The molecule has 104 valence electrons. The molecule has 0 spiro atoms. The first-order valence-electron chi connectivity index (χ1n) is 6.25. The van der Waals surface area contributed by atoms with Crippen LogP contribution < -0.4 is 5.32 Å². The number of nitrogens with zero attached hydrogens (tertiary/aromatic N) is 3. The SMILES string of the molecule is O=C(Nc1ccc(-n2cccn2)cc1)c1ccc(Br)cn1. The van der Waals surface area contributed by atoms with Crippen molar-refractivity contribution < 1.29 is 4.79 Å². The highest BCUT2D eigenvalue weighted by Gasteiger charge is 2.07. The molecule has 5 nitrogen and oxygen atoms in total. The lowest BCUT2D eigenvalue weighted by Crippen LogP contribution is -2.13. The van der Waals surface area contributed by atoms with E-state index in [1.165, 1.54) is 0 Å². The summed E-state index contributed by atoms with van der Waals surface area (Å²) in [5, 5.41) is 6.95. The summed E-state index contributed by atoms with van der Waals surface area (Å²) < 4.78 is 2.59. The Morgan fingerprint density at radius 1 is 1.14 bits per heavy atom. The van der Waals surface area contributed by atoms with E-state index in [9.17, 15) is 4.79 Å². The lowest BCUT2D eigenvalue weighted by atomic mass is 10.2. The van der Waals surface area contributed by atoms with Crippen molar-refractivity contribution in [1.29, 1.82) is 0 Å². The van der Waals surface area contributed by atoms with Gasteiger partial charge >= 0.3 is 0 Å². The molecule has 1 aromatic carbocycles. The molecule has 3 aromatic rings. The largest absolute Gasteiger partial charge is 0.321 e. The van der Waals surface area contributed by atoms with Gasteiger partial charge in [-0.15, -0.1) is 0 Å². The van der Waals surface area contributed by atoms with E-state index in [-0.39, 0.29) is 5.91 Å². The number of hydrogen-bond acceptors (Lipinski definition) is 3. The first-order valence-corrected chi connectivity index (χ1v) is 7.05. The van der Waals surface area contributed by atoms with Crippen LogP contribution in [-0.4, -0.2) is 20.7 Å². The van der Waals surface area contributed by atoms with E-state index in [2.05, 4.69) is 31.3 Å². The van der Waals surface area contributed by atoms with Crippen molar-refractivity contribution >= 4 is 27.5 Å². The molecule has 0 saturated carbocycles. The van der Waals surface area contributed by atoms with Crippen LogP contribution in [0.4, 0.5) is 5.69 Å². The second-order valence-electron chi connectivity index (χ2n) is 4.31. The van der Waals surface area contributed by atoms with Crippen molar-refractivity contribution in [3.8, 4) is 5.69 Å². The van der Waals surface area contributed by atoms with Crippen molar-refractivity contribution in [2.45, 2.75) is 0 Å². The number of carbonyl (C=O) groups is 1. The van der Waals surface area contributed by atoms with Gasteiger partial charge in [-0.2, -0.15) is 5.10 Å². The molecule has 1 amide bonds. The zero-order valence-electron chi connectivity index (χ0n) is 10.9. The minimum Gasteiger partial charge on any atom is -0.321 e. The number of carbonyl (C=O) groups excluding carboxylic acids is 1. The third-order valence-electron chi connectivity index (χ3n) is 2.85. The minimum absolute atomic E-state index is 0.241. The Balaban J connectivity index is 1.73. The van der Waals surface area contributed by atoms with Crippen LogP contribution in [0.15, 0.2) is 65.5 Å². The number of hydrogen-bond donors (Lipinski definition) is 1. The molecule has 0 atom stereocenters. The summed E-state index contributed by atoms with van der Waals surface area (Å²) in [4.78, 5) is 16.1. The molecule has 0 unspecified atom stereocenters. The van der Waals surface area contributed by atoms with Crippen LogP contribution in [0, 0.1) is 0 Å². The standard InChI is InChI=1S/C15H11BrN4O/c16-11-2-7-14(17-10-11)15(21)19-12-3-5-13(6-4-12)20-9-1-8-18-20/h1-10H,(H,19,21). The van der Waals surface area contributed by atoms with Crippen LogP contribution in [0.2, 0.25) is 0 Å². The normalized spacial score (nSPS) is 10.3. The lowest BCUT2D eigenvalue weighted by molar-refractivity contribution is 0.102. The Kier molecular flexibility index (Phi) is 3.79. The van der Waals surface area contributed by atoms with Crippen LogP contribution in [-0.2, 0) is 0 Å². The minimum atomic E-state index is -0.241. The van der Waals surface area contributed by atoms with Gasteiger partial charge in [0.15, 0.2) is 0 Å². The molecule has 0 aliphatic carbocycles. The smallest absolute Gasteiger partial charge is 0.274 e. The lowest BCUT2D eigenvalue weighted by Gasteiger charge is -2.06. The molecule has 2 aromatic heterocycles. The molecule has 0 fully saturated rings. The van der Waals surface area contributed by atoms with Gasteiger partial charge in [0.1, 0.15) is 5.69 Å². The van der Waals surface area contributed by atoms with E-state index in [1.807, 2.05) is 36.5 Å². The maximum Gasteiger partial charge on any atom is 0.274 e. The van der Waals surface area contributed by atoms with E-state index in [4.69, 9.17) is 0 Å². The Morgan fingerprint density at radius 2 is 1.95 bits per heavy atom. The molecule has 0 bridgehead atoms. The van der Waals surface area contributed by atoms with Gasteiger partial charge in [0.25, 0.3) is 5.91 Å². The molecule has 2 heterocycles. The van der Waals surface area contributed by atoms with Crippen LogP contribution in [0.3, 0.4) is 0 Å². The molecule has 0 aliphatic rings. The van der Waals surface area contributed by atoms with Crippen LogP contribution in [0.5, 0.6) is 0 Å².